The van der Waals surface area contributed by atoms with Crippen molar-refractivity contribution >= 4 is 0 Å². The van der Waals surface area contributed by atoms with Gasteiger partial charge in [0.1, 0.15) is 0 Å². The van der Waals surface area contributed by atoms with E-state index in [1.54, 1.807) is 0 Å². The largest absolute Gasteiger partial charge is 0.314 e. The van der Waals surface area contributed by atoms with Crippen molar-refractivity contribution in [2.45, 2.75) is 45.2 Å². The molecule has 0 radical (unpaired) electrons. The number of hydrogen-bond acceptors (Lipinski definition) is 2. The van der Waals surface area contributed by atoms with Gasteiger partial charge in [-0.1, -0.05) is 0 Å². The van der Waals surface area contributed by atoms with Crippen molar-refractivity contribution in [1.29, 1.82) is 0 Å². The van der Waals surface area contributed by atoms with Crippen molar-refractivity contribution in [2.75, 3.05) is 20.1 Å². The lowest BCUT2D eigenvalue weighted by molar-refractivity contribution is 0.269. The number of nitrogens with zero attached hydrogens (tertiary/aromatic N) is 1. The van der Waals surface area contributed by atoms with Gasteiger partial charge in [-0.05, 0) is 53.2 Å². The highest BCUT2D eigenvalue weighted by Gasteiger charge is 2.19. The molecule has 1 saturated carbocycles. The van der Waals surface area contributed by atoms with Crippen LogP contribution in [0.2, 0.25) is 0 Å². The summed E-state index contributed by atoms with van der Waals surface area (Å²) in [4.78, 5) is 2.40. The lowest BCUT2D eigenvalue weighted by atomic mass is 10.3. The van der Waals surface area contributed by atoms with Gasteiger partial charge in [0.05, 0.1) is 0 Å². The molecule has 0 aromatic heterocycles. The normalized spacial score (nSPS) is 17.8. The van der Waals surface area contributed by atoms with Gasteiger partial charge < -0.3 is 10.2 Å². The van der Waals surface area contributed by atoms with Crippen molar-refractivity contribution in [3.8, 4) is 0 Å². The molecular weight excluding hydrogens is 148 g/mol. The van der Waals surface area contributed by atoms with Crippen LogP contribution < -0.4 is 5.32 Å². The first-order chi connectivity index (χ1) is 5.70. The fourth-order valence-electron chi connectivity index (χ4n) is 1.18. The fraction of sp³-hybridized carbons (Fsp3) is 1.00. The summed E-state index contributed by atoms with van der Waals surface area (Å²) in [6.07, 6.45) is 4.09. The highest BCUT2D eigenvalue weighted by atomic mass is 15.1. The van der Waals surface area contributed by atoms with E-state index in [1.165, 1.54) is 32.4 Å². The van der Waals surface area contributed by atoms with Crippen LogP contribution >= 0.6 is 0 Å². The zero-order valence-corrected chi connectivity index (χ0v) is 8.64. The molecule has 0 aliphatic heterocycles. The Morgan fingerprint density at radius 2 is 2.08 bits per heavy atom. The third kappa shape index (κ3) is 4.07. The number of rotatable bonds is 6. The zero-order valence-electron chi connectivity index (χ0n) is 8.64. The molecule has 0 bridgehead atoms. The monoisotopic (exact) mass is 170 g/mol. The van der Waals surface area contributed by atoms with Crippen molar-refractivity contribution in [1.82, 2.24) is 10.2 Å². The summed E-state index contributed by atoms with van der Waals surface area (Å²) >= 11 is 0. The molecule has 0 unspecified atom stereocenters. The summed E-state index contributed by atoms with van der Waals surface area (Å²) in [7, 11) is 2.20. The molecule has 72 valence electrons. The minimum absolute atomic E-state index is 0.686. The Balaban J connectivity index is 1.86. The maximum atomic E-state index is 3.52. The molecule has 0 aromatic carbocycles. The standard InChI is InChI=1S/C10H22N2/c1-9(2)12(3)8-4-7-11-10-5-6-10/h9-11H,4-8H2,1-3H3. The lowest BCUT2D eigenvalue weighted by Crippen LogP contribution is -2.29. The molecule has 0 atom stereocenters. The summed E-state index contributed by atoms with van der Waals surface area (Å²) in [6, 6.07) is 1.56. The van der Waals surface area contributed by atoms with E-state index in [1.807, 2.05) is 0 Å². The number of nitrogens with one attached hydrogen (secondary N) is 1. The molecule has 1 aliphatic rings. The van der Waals surface area contributed by atoms with Gasteiger partial charge in [0.2, 0.25) is 0 Å². The van der Waals surface area contributed by atoms with Crippen LogP contribution in [0.1, 0.15) is 33.1 Å². The van der Waals surface area contributed by atoms with Gasteiger partial charge in [-0.25, -0.2) is 0 Å². The van der Waals surface area contributed by atoms with Gasteiger partial charge in [0.25, 0.3) is 0 Å². The van der Waals surface area contributed by atoms with Gasteiger partial charge >= 0.3 is 0 Å². The summed E-state index contributed by atoms with van der Waals surface area (Å²) in [5.74, 6) is 0. The van der Waals surface area contributed by atoms with E-state index < -0.39 is 0 Å². The van der Waals surface area contributed by atoms with E-state index in [0.29, 0.717) is 6.04 Å². The van der Waals surface area contributed by atoms with Crippen LogP contribution in [0, 0.1) is 0 Å². The van der Waals surface area contributed by atoms with E-state index in [4.69, 9.17) is 0 Å². The Kier molecular flexibility index (Phi) is 4.02. The first-order valence-electron chi connectivity index (χ1n) is 5.14. The first kappa shape index (κ1) is 10.0. The molecule has 1 N–H and O–H groups in total. The van der Waals surface area contributed by atoms with Gasteiger partial charge in [-0.3, -0.25) is 0 Å². The minimum Gasteiger partial charge on any atom is -0.314 e. The van der Waals surface area contributed by atoms with E-state index in [-0.39, 0.29) is 0 Å². The second-order valence-electron chi connectivity index (χ2n) is 4.16. The number of hydrogen-bond donors (Lipinski definition) is 1. The molecule has 0 amide bonds. The molecule has 1 rings (SSSR count). The molecule has 2 heteroatoms. The van der Waals surface area contributed by atoms with Gasteiger partial charge in [0.15, 0.2) is 0 Å². The van der Waals surface area contributed by atoms with Crippen molar-refractivity contribution < 1.29 is 0 Å². The molecule has 0 aromatic rings. The molecule has 0 spiro atoms. The van der Waals surface area contributed by atoms with Crippen LogP contribution in [0.25, 0.3) is 0 Å². The molecule has 1 aliphatic carbocycles. The highest BCUT2D eigenvalue weighted by Crippen LogP contribution is 2.18. The third-order valence-electron chi connectivity index (χ3n) is 2.58. The van der Waals surface area contributed by atoms with Crippen LogP contribution in [0.4, 0.5) is 0 Å². The summed E-state index contributed by atoms with van der Waals surface area (Å²) in [5, 5.41) is 3.52. The predicted molar refractivity (Wildman–Crippen MR) is 53.4 cm³/mol. The minimum atomic E-state index is 0.686. The Morgan fingerprint density at radius 3 is 2.58 bits per heavy atom. The smallest absolute Gasteiger partial charge is 0.00682 e. The van der Waals surface area contributed by atoms with Crippen molar-refractivity contribution in [3.63, 3.8) is 0 Å². The second kappa shape index (κ2) is 4.83. The zero-order chi connectivity index (χ0) is 8.97. The van der Waals surface area contributed by atoms with Crippen LogP contribution in [-0.4, -0.2) is 37.1 Å². The average Bonchev–Trinajstić information content (AvgIpc) is 2.80. The summed E-state index contributed by atoms with van der Waals surface area (Å²) < 4.78 is 0. The molecular formula is C10H22N2. The second-order valence-corrected chi connectivity index (χ2v) is 4.16. The molecule has 12 heavy (non-hydrogen) atoms. The molecule has 0 heterocycles. The topological polar surface area (TPSA) is 15.3 Å². The maximum Gasteiger partial charge on any atom is 0.00682 e. The molecule has 0 saturated heterocycles. The SMILES string of the molecule is CC(C)N(C)CCCNC1CC1. The van der Waals surface area contributed by atoms with Gasteiger partial charge in [-0.2, -0.15) is 0 Å². The van der Waals surface area contributed by atoms with Gasteiger partial charge in [-0.15, -0.1) is 0 Å². The van der Waals surface area contributed by atoms with E-state index in [2.05, 4.69) is 31.1 Å². The van der Waals surface area contributed by atoms with Crippen LogP contribution in [0.3, 0.4) is 0 Å². The van der Waals surface area contributed by atoms with E-state index in [0.717, 1.165) is 6.04 Å². The van der Waals surface area contributed by atoms with E-state index in [9.17, 15) is 0 Å². The third-order valence-corrected chi connectivity index (χ3v) is 2.58. The quantitative estimate of drug-likeness (QED) is 0.607. The summed E-state index contributed by atoms with van der Waals surface area (Å²) in [5.41, 5.74) is 0. The van der Waals surface area contributed by atoms with Gasteiger partial charge in [0, 0.05) is 12.1 Å². The van der Waals surface area contributed by atoms with Crippen LogP contribution in [0.5, 0.6) is 0 Å². The summed E-state index contributed by atoms with van der Waals surface area (Å²) in [6.45, 7) is 6.90. The van der Waals surface area contributed by atoms with Crippen LogP contribution in [0.15, 0.2) is 0 Å². The highest BCUT2D eigenvalue weighted by molar-refractivity contribution is 4.80. The molecule has 1 fully saturated rings. The Morgan fingerprint density at radius 1 is 1.42 bits per heavy atom. The maximum absolute atomic E-state index is 3.52. The fourth-order valence-corrected chi connectivity index (χ4v) is 1.18. The van der Waals surface area contributed by atoms with Crippen molar-refractivity contribution in [3.05, 3.63) is 0 Å². The lowest BCUT2D eigenvalue weighted by Gasteiger charge is -2.20. The van der Waals surface area contributed by atoms with E-state index >= 15 is 0 Å². The Bertz CT molecular complexity index is 119. The predicted octanol–water partition coefficient (Wildman–Crippen LogP) is 1.47. The average molecular weight is 170 g/mol. The van der Waals surface area contributed by atoms with Crippen molar-refractivity contribution in [2.24, 2.45) is 0 Å². The Hall–Kier alpha value is -0.0800. The Labute approximate surface area is 76.3 Å². The van der Waals surface area contributed by atoms with Crippen LogP contribution in [-0.2, 0) is 0 Å². The first-order valence-corrected chi connectivity index (χ1v) is 5.14. The molecule has 2 nitrogen and oxygen atoms in total.